The molecule has 0 aliphatic carbocycles. The summed E-state index contributed by atoms with van der Waals surface area (Å²) in [5.41, 5.74) is 2.67. The average molecular weight is 326 g/mol. The molecule has 0 aromatic heterocycles. The van der Waals surface area contributed by atoms with Crippen LogP contribution in [0.4, 0.5) is 5.69 Å². The van der Waals surface area contributed by atoms with Gasteiger partial charge in [-0.25, -0.2) is 0 Å². The van der Waals surface area contributed by atoms with Gasteiger partial charge in [0.15, 0.2) is 0 Å². The number of aryl methyl sites for hydroxylation is 1. The lowest BCUT2D eigenvalue weighted by molar-refractivity contribution is -0.120. The third kappa shape index (κ3) is 5.12. The molecule has 0 saturated carbocycles. The van der Waals surface area contributed by atoms with Crippen molar-refractivity contribution in [3.8, 4) is 5.75 Å². The maximum atomic E-state index is 12.3. The number of benzene rings is 2. The van der Waals surface area contributed by atoms with E-state index in [0.717, 1.165) is 22.6 Å². The van der Waals surface area contributed by atoms with E-state index in [4.69, 9.17) is 4.74 Å². The van der Waals surface area contributed by atoms with Crippen molar-refractivity contribution in [1.82, 2.24) is 5.32 Å². The molecule has 126 valence electrons. The Morgan fingerprint density at radius 3 is 2.42 bits per heavy atom. The normalized spacial score (nSPS) is 11.5. The van der Waals surface area contributed by atoms with Crippen molar-refractivity contribution < 1.29 is 14.3 Å². The predicted octanol–water partition coefficient (Wildman–Crippen LogP) is 3.21. The first-order valence-corrected chi connectivity index (χ1v) is 7.75. The molecule has 0 fully saturated rings. The van der Waals surface area contributed by atoms with E-state index >= 15 is 0 Å². The van der Waals surface area contributed by atoms with Crippen LogP contribution >= 0.6 is 0 Å². The number of methoxy groups -OCH3 is 1. The summed E-state index contributed by atoms with van der Waals surface area (Å²) in [6.07, 6.45) is 0.153. The first-order valence-electron chi connectivity index (χ1n) is 7.75. The topological polar surface area (TPSA) is 67.4 Å². The summed E-state index contributed by atoms with van der Waals surface area (Å²) in [7, 11) is 1.59. The number of amides is 2. The molecule has 0 radical (unpaired) electrons. The molecule has 2 amide bonds. The summed E-state index contributed by atoms with van der Waals surface area (Å²) >= 11 is 0. The number of ether oxygens (including phenoxy) is 1. The Labute approximate surface area is 142 Å². The van der Waals surface area contributed by atoms with Crippen LogP contribution in [0.1, 0.15) is 30.5 Å². The van der Waals surface area contributed by atoms with Gasteiger partial charge in [-0.1, -0.05) is 24.3 Å². The Kier molecular flexibility index (Phi) is 5.95. The van der Waals surface area contributed by atoms with Gasteiger partial charge in [0.25, 0.3) is 0 Å². The SMILES string of the molecule is COc1ccc(C(CC(=O)Nc2cccc(C)c2)NC(C)=O)cc1. The molecule has 0 aliphatic rings. The Morgan fingerprint density at radius 2 is 1.83 bits per heavy atom. The molecule has 0 spiro atoms. The fourth-order valence-corrected chi connectivity index (χ4v) is 2.45. The van der Waals surface area contributed by atoms with E-state index in [1.807, 2.05) is 55.5 Å². The molecule has 1 unspecified atom stereocenters. The number of carbonyl (C=O) groups is 2. The van der Waals surface area contributed by atoms with Crippen LogP contribution in [-0.4, -0.2) is 18.9 Å². The Hall–Kier alpha value is -2.82. The molecule has 5 nitrogen and oxygen atoms in total. The first kappa shape index (κ1) is 17.5. The van der Waals surface area contributed by atoms with E-state index in [2.05, 4.69) is 10.6 Å². The van der Waals surface area contributed by atoms with Crippen molar-refractivity contribution in [1.29, 1.82) is 0 Å². The van der Waals surface area contributed by atoms with Crippen LogP contribution < -0.4 is 15.4 Å². The fraction of sp³-hybridized carbons (Fsp3) is 0.263. The standard InChI is InChI=1S/C19H22N2O3/c1-13-5-4-6-16(11-13)21-19(23)12-18(20-14(2)22)15-7-9-17(24-3)10-8-15/h4-11,18H,12H2,1-3H3,(H,20,22)(H,21,23). The number of hydrogen-bond acceptors (Lipinski definition) is 3. The van der Waals surface area contributed by atoms with Crippen LogP contribution in [0.25, 0.3) is 0 Å². The lowest BCUT2D eigenvalue weighted by Crippen LogP contribution is -2.29. The van der Waals surface area contributed by atoms with E-state index in [9.17, 15) is 9.59 Å². The van der Waals surface area contributed by atoms with Gasteiger partial charge in [0.1, 0.15) is 5.75 Å². The second kappa shape index (κ2) is 8.15. The highest BCUT2D eigenvalue weighted by Crippen LogP contribution is 2.21. The van der Waals surface area contributed by atoms with E-state index in [1.54, 1.807) is 7.11 Å². The quantitative estimate of drug-likeness (QED) is 0.856. The lowest BCUT2D eigenvalue weighted by Gasteiger charge is -2.18. The molecule has 2 rings (SSSR count). The largest absolute Gasteiger partial charge is 0.497 e. The van der Waals surface area contributed by atoms with Crippen LogP contribution in [0.5, 0.6) is 5.75 Å². The van der Waals surface area contributed by atoms with Gasteiger partial charge in [-0.05, 0) is 42.3 Å². The molecule has 0 aliphatic heterocycles. The number of rotatable bonds is 6. The van der Waals surface area contributed by atoms with Gasteiger partial charge >= 0.3 is 0 Å². The molecular formula is C19H22N2O3. The molecule has 2 aromatic rings. The number of anilines is 1. The molecule has 0 heterocycles. The van der Waals surface area contributed by atoms with Crippen LogP contribution in [0, 0.1) is 6.92 Å². The minimum Gasteiger partial charge on any atom is -0.497 e. The summed E-state index contributed by atoms with van der Waals surface area (Å²) in [6.45, 7) is 3.40. The van der Waals surface area contributed by atoms with Crippen molar-refractivity contribution >= 4 is 17.5 Å². The highest BCUT2D eigenvalue weighted by Gasteiger charge is 2.17. The predicted molar refractivity (Wildman–Crippen MR) is 94.0 cm³/mol. The van der Waals surface area contributed by atoms with Crippen molar-refractivity contribution in [3.05, 3.63) is 59.7 Å². The minimum atomic E-state index is -0.391. The molecule has 0 bridgehead atoms. The van der Waals surface area contributed by atoms with E-state index in [0.29, 0.717) is 0 Å². The van der Waals surface area contributed by atoms with Gasteiger partial charge in [-0.3, -0.25) is 9.59 Å². The van der Waals surface area contributed by atoms with Crippen molar-refractivity contribution in [3.63, 3.8) is 0 Å². The molecular weight excluding hydrogens is 304 g/mol. The van der Waals surface area contributed by atoms with Gasteiger partial charge < -0.3 is 15.4 Å². The van der Waals surface area contributed by atoms with Crippen LogP contribution in [0.3, 0.4) is 0 Å². The lowest BCUT2D eigenvalue weighted by atomic mass is 10.0. The summed E-state index contributed by atoms with van der Waals surface area (Å²) in [4.78, 5) is 23.8. The Morgan fingerprint density at radius 1 is 1.12 bits per heavy atom. The van der Waals surface area contributed by atoms with Gasteiger partial charge in [0.05, 0.1) is 19.6 Å². The second-order valence-corrected chi connectivity index (χ2v) is 5.65. The number of hydrogen-bond donors (Lipinski definition) is 2. The van der Waals surface area contributed by atoms with Crippen LogP contribution in [0.15, 0.2) is 48.5 Å². The van der Waals surface area contributed by atoms with Crippen LogP contribution in [-0.2, 0) is 9.59 Å². The second-order valence-electron chi connectivity index (χ2n) is 5.65. The molecule has 2 aromatic carbocycles. The maximum Gasteiger partial charge on any atom is 0.226 e. The maximum absolute atomic E-state index is 12.3. The Bertz CT molecular complexity index is 711. The number of carbonyl (C=O) groups excluding carboxylic acids is 2. The third-order valence-corrected chi connectivity index (χ3v) is 3.59. The molecule has 0 saturated heterocycles. The summed E-state index contributed by atoms with van der Waals surface area (Å²) in [5.74, 6) is 0.388. The van der Waals surface area contributed by atoms with Gasteiger partial charge in [0.2, 0.25) is 11.8 Å². The number of nitrogens with one attached hydrogen (secondary N) is 2. The highest BCUT2D eigenvalue weighted by atomic mass is 16.5. The van der Waals surface area contributed by atoms with Crippen molar-refractivity contribution in [2.75, 3.05) is 12.4 Å². The fourth-order valence-electron chi connectivity index (χ4n) is 2.45. The van der Waals surface area contributed by atoms with Gasteiger partial charge in [-0.15, -0.1) is 0 Å². The Balaban J connectivity index is 2.09. The van der Waals surface area contributed by atoms with E-state index in [-0.39, 0.29) is 18.2 Å². The summed E-state index contributed by atoms with van der Waals surface area (Å²) in [6, 6.07) is 14.5. The summed E-state index contributed by atoms with van der Waals surface area (Å²) < 4.78 is 5.13. The molecule has 1 atom stereocenters. The van der Waals surface area contributed by atoms with E-state index < -0.39 is 6.04 Å². The zero-order chi connectivity index (χ0) is 17.5. The average Bonchev–Trinajstić information content (AvgIpc) is 2.54. The monoisotopic (exact) mass is 326 g/mol. The van der Waals surface area contributed by atoms with Crippen molar-refractivity contribution in [2.45, 2.75) is 26.3 Å². The summed E-state index contributed by atoms with van der Waals surface area (Å²) in [5, 5.41) is 5.68. The van der Waals surface area contributed by atoms with Gasteiger partial charge in [0, 0.05) is 12.6 Å². The van der Waals surface area contributed by atoms with Crippen molar-refractivity contribution in [2.24, 2.45) is 0 Å². The zero-order valence-electron chi connectivity index (χ0n) is 14.1. The first-order chi connectivity index (χ1) is 11.5. The molecule has 24 heavy (non-hydrogen) atoms. The zero-order valence-corrected chi connectivity index (χ0v) is 14.1. The van der Waals surface area contributed by atoms with E-state index in [1.165, 1.54) is 6.92 Å². The third-order valence-electron chi connectivity index (χ3n) is 3.59. The molecule has 2 N–H and O–H groups in total. The van der Waals surface area contributed by atoms with Crippen LogP contribution in [0.2, 0.25) is 0 Å². The molecule has 5 heteroatoms. The highest BCUT2D eigenvalue weighted by molar-refractivity contribution is 5.91. The smallest absolute Gasteiger partial charge is 0.226 e. The van der Waals surface area contributed by atoms with Gasteiger partial charge in [-0.2, -0.15) is 0 Å². The minimum absolute atomic E-state index is 0.153.